The van der Waals surface area contributed by atoms with Crippen LogP contribution in [0.3, 0.4) is 0 Å². The highest BCUT2D eigenvalue weighted by molar-refractivity contribution is 7.92. The van der Waals surface area contributed by atoms with Gasteiger partial charge in [0.15, 0.2) is 0 Å². The average molecular weight is 534 g/mol. The van der Waals surface area contributed by atoms with Crippen molar-refractivity contribution in [2.75, 3.05) is 39.2 Å². The maximum atomic E-state index is 13.4. The molecule has 10 nitrogen and oxygen atoms in total. The number of anilines is 1. The number of pyridine rings is 1. The Bertz CT molecular complexity index is 1400. The number of carbonyl (C=O) groups is 1. The van der Waals surface area contributed by atoms with Gasteiger partial charge in [0.05, 0.1) is 39.8 Å². The van der Waals surface area contributed by atoms with Crippen LogP contribution in [0, 0.1) is 0 Å². The fourth-order valence-electron chi connectivity index (χ4n) is 3.71. The van der Waals surface area contributed by atoms with Crippen molar-refractivity contribution in [1.82, 2.24) is 9.88 Å². The summed E-state index contributed by atoms with van der Waals surface area (Å²) in [4.78, 5) is 19.0. The van der Waals surface area contributed by atoms with Gasteiger partial charge in [-0.1, -0.05) is 11.6 Å². The molecule has 190 valence electrons. The van der Waals surface area contributed by atoms with E-state index >= 15 is 0 Å². The third kappa shape index (κ3) is 5.26. The van der Waals surface area contributed by atoms with Gasteiger partial charge in [-0.25, -0.2) is 13.4 Å². The van der Waals surface area contributed by atoms with E-state index in [9.17, 15) is 13.2 Å². The van der Waals surface area contributed by atoms with Gasteiger partial charge in [0.25, 0.3) is 15.9 Å². The molecule has 2 aromatic carbocycles. The highest BCUT2D eigenvalue weighted by Gasteiger charge is 2.27. The molecule has 0 saturated carbocycles. The zero-order valence-electron chi connectivity index (χ0n) is 19.8. The maximum Gasteiger partial charge on any atom is 0.265 e. The van der Waals surface area contributed by atoms with E-state index < -0.39 is 10.0 Å². The Kier molecular flexibility index (Phi) is 7.41. The first kappa shape index (κ1) is 25.4. The molecule has 1 amide bonds. The lowest BCUT2D eigenvalue weighted by Gasteiger charge is -2.21. The lowest BCUT2D eigenvalue weighted by molar-refractivity contribution is 0.0742. The van der Waals surface area contributed by atoms with Crippen LogP contribution in [0.4, 0.5) is 5.69 Å². The van der Waals surface area contributed by atoms with Crippen molar-refractivity contribution in [3.8, 4) is 23.1 Å². The first-order valence-corrected chi connectivity index (χ1v) is 12.6. The zero-order chi connectivity index (χ0) is 25.9. The summed E-state index contributed by atoms with van der Waals surface area (Å²) < 4.78 is 50.0. The standard InChI is InChI=1S/C24H24ClN3O7S/c1-32-18-6-4-15(21(12-18)34-3)14-28-8-9-35-23-19(24(28)29)11-17(13-26-23)27-36(30,31)22-10-16(25)5-7-20(22)33-2/h4-7,10-13,27H,8-9,14H2,1-3H3. The first-order valence-electron chi connectivity index (χ1n) is 10.7. The molecule has 0 saturated heterocycles. The van der Waals surface area contributed by atoms with Crippen LogP contribution in [-0.2, 0) is 16.6 Å². The van der Waals surface area contributed by atoms with Gasteiger partial charge in [-0.3, -0.25) is 9.52 Å². The summed E-state index contributed by atoms with van der Waals surface area (Å²) in [5, 5.41) is 0.226. The van der Waals surface area contributed by atoms with Crippen LogP contribution >= 0.6 is 11.6 Å². The number of nitrogens with zero attached hydrogens (tertiary/aromatic N) is 2. The monoisotopic (exact) mass is 533 g/mol. The molecule has 0 radical (unpaired) electrons. The minimum atomic E-state index is -4.10. The molecule has 3 aromatic rings. The van der Waals surface area contributed by atoms with Crippen LogP contribution < -0.4 is 23.7 Å². The molecule has 36 heavy (non-hydrogen) atoms. The van der Waals surface area contributed by atoms with Gasteiger partial charge < -0.3 is 23.8 Å². The van der Waals surface area contributed by atoms with Crippen LogP contribution in [0.25, 0.3) is 0 Å². The number of rotatable bonds is 8. The fourth-order valence-corrected chi connectivity index (χ4v) is 5.18. The van der Waals surface area contributed by atoms with Crippen LogP contribution in [0.1, 0.15) is 15.9 Å². The molecule has 0 fully saturated rings. The topological polar surface area (TPSA) is 116 Å². The van der Waals surface area contributed by atoms with E-state index in [1.807, 2.05) is 6.07 Å². The Labute approximate surface area is 213 Å². The number of methoxy groups -OCH3 is 3. The first-order chi connectivity index (χ1) is 17.2. The number of sulfonamides is 1. The van der Waals surface area contributed by atoms with E-state index in [-0.39, 0.29) is 51.9 Å². The average Bonchev–Trinajstić information content (AvgIpc) is 3.02. The molecule has 12 heteroatoms. The van der Waals surface area contributed by atoms with Crippen molar-refractivity contribution in [2.45, 2.75) is 11.4 Å². The predicted molar refractivity (Wildman–Crippen MR) is 133 cm³/mol. The molecule has 4 rings (SSSR count). The van der Waals surface area contributed by atoms with Crippen molar-refractivity contribution < 1.29 is 32.2 Å². The van der Waals surface area contributed by atoms with Crippen LogP contribution in [0.2, 0.25) is 5.02 Å². The minimum absolute atomic E-state index is 0.0802. The number of aromatic nitrogens is 1. The summed E-state index contributed by atoms with van der Waals surface area (Å²) in [6.45, 7) is 0.755. The Hall–Kier alpha value is -3.70. The van der Waals surface area contributed by atoms with E-state index in [1.54, 1.807) is 24.1 Å². The van der Waals surface area contributed by atoms with Gasteiger partial charge in [-0.05, 0) is 36.4 Å². The van der Waals surface area contributed by atoms with Gasteiger partial charge in [0.2, 0.25) is 5.88 Å². The van der Waals surface area contributed by atoms with Crippen molar-refractivity contribution >= 4 is 33.2 Å². The molecular formula is C24H24ClN3O7S. The molecule has 1 aliphatic rings. The second kappa shape index (κ2) is 10.5. The Morgan fingerprint density at radius 2 is 1.83 bits per heavy atom. The highest BCUT2D eigenvalue weighted by Crippen LogP contribution is 2.31. The van der Waals surface area contributed by atoms with Crippen molar-refractivity contribution in [1.29, 1.82) is 0 Å². The molecule has 0 bridgehead atoms. The van der Waals surface area contributed by atoms with E-state index in [1.165, 1.54) is 44.7 Å². The molecule has 1 aromatic heterocycles. The van der Waals surface area contributed by atoms with E-state index in [4.69, 9.17) is 30.5 Å². The number of nitrogens with one attached hydrogen (secondary N) is 1. The molecule has 0 atom stereocenters. The van der Waals surface area contributed by atoms with Gasteiger partial charge in [-0.2, -0.15) is 0 Å². The minimum Gasteiger partial charge on any atom is -0.497 e. The quantitative estimate of drug-likeness (QED) is 0.467. The summed E-state index contributed by atoms with van der Waals surface area (Å²) in [6.07, 6.45) is 1.28. The normalized spacial score (nSPS) is 13.3. The van der Waals surface area contributed by atoms with Crippen LogP contribution in [-0.4, -0.2) is 58.7 Å². The Morgan fingerprint density at radius 1 is 1.06 bits per heavy atom. The largest absolute Gasteiger partial charge is 0.497 e. The summed E-state index contributed by atoms with van der Waals surface area (Å²) in [6, 6.07) is 11.0. The van der Waals surface area contributed by atoms with E-state index in [0.29, 0.717) is 18.0 Å². The number of halogens is 1. The molecular weight excluding hydrogens is 510 g/mol. The Balaban J connectivity index is 1.62. The predicted octanol–water partition coefficient (Wildman–Crippen LogP) is 3.60. The number of benzene rings is 2. The van der Waals surface area contributed by atoms with Gasteiger partial charge in [0.1, 0.15) is 34.3 Å². The molecule has 1 aliphatic heterocycles. The van der Waals surface area contributed by atoms with Crippen molar-refractivity contribution in [2.24, 2.45) is 0 Å². The van der Waals surface area contributed by atoms with Crippen molar-refractivity contribution in [3.63, 3.8) is 0 Å². The molecule has 0 aliphatic carbocycles. The van der Waals surface area contributed by atoms with Gasteiger partial charge in [0, 0.05) is 23.2 Å². The lowest BCUT2D eigenvalue weighted by Crippen LogP contribution is -2.32. The summed E-state index contributed by atoms with van der Waals surface area (Å²) in [7, 11) is 0.350. The summed E-state index contributed by atoms with van der Waals surface area (Å²) in [5.74, 6) is 1.07. The number of hydrogen-bond acceptors (Lipinski definition) is 8. The molecule has 0 unspecified atom stereocenters. The maximum absolute atomic E-state index is 13.4. The Morgan fingerprint density at radius 3 is 2.56 bits per heavy atom. The number of amides is 1. The second-order valence-corrected chi connectivity index (χ2v) is 9.82. The summed E-state index contributed by atoms with van der Waals surface area (Å²) in [5.41, 5.74) is 0.975. The molecule has 2 heterocycles. The van der Waals surface area contributed by atoms with Crippen LogP contribution in [0.5, 0.6) is 23.1 Å². The van der Waals surface area contributed by atoms with Crippen molar-refractivity contribution in [3.05, 3.63) is 64.8 Å². The zero-order valence-corrected chi connectivity index (χ0v) is 21.4. The van der Waals surface area contributed by atoms with Gasteiger partial charge in [-0.15, -0.1) is 0 Å². The van der Waals surface area contributed by atoms with Gasteiger partial charge >= 0.3 is 0 Å². The second-order valence-electron chi connectivity index (χ2n) is 7.73. The summed E-state index contributed by atoms with van der Waals surface area (Å²) >= 11 is 5.99. The third-order valence-electron chi connectivity index (χ3n) is 5.49. The molecule has 0 spiro atoms. The fraction of sp³-hybridized carbons (Fsp3) is 0.250. The lowest BCUT2D eigenvalue weighted by atomic mass is 10.1. The number of hydrogen-bond donors (Lipinski definition) is 1. The third-order valence-corrected chi connectivity index (χ3v) is 7.13. The van der Waals surface area contributed by atoms with E-state index in [2.05, 4.69) is 9.71 Å². The number of fused-ring (bicyclic) bond motifs is 1. The SMILES string of the molecule is COc1ccc(CN2CCOc3ncc(NS(=O)(=O)c4cc(Cl)ccc4OC)cc3C2=O)c(OC)c1. The number of carbonyl (C=O) groups excluding carboxylic acids is 1. The highest BCUT2D eigenvalue weighted by atomic mass is 35.5. The smallest absolute Gasteiger partial charge is 0.265 e. The number of ether oxygens (including phenoxy) is 4. The van der Waals surface area contributed by atoms with E-state index in [0.717, 1.165) is 5.56 Å². The van der Waals surface area contributed by atoms with Crippen LogP contribution in [0.15, 0.2) is 53.6 Å². The molecule has 1 N–H and O–H groups in total.